The summed E-state index contributed by atoms with van der Waals surface area (Å²) in [5, 5.41) is 5.40. The normalized spacial score (nSPS) is 9.85. The molecule has 2 amide bonds. The first-order valence-electron chi connectivity index (χ1n) is 6.04. The van der Waals surface area contributed by atoms with Crippen LogP contribution in [-0.4, -0.2) is 17.1 Å². The molecule has 0 bridgehead atoms. The summed E-state index contributed by atoms with van der Waals surface area (Å²) in [5.41, 5.74) is 1.57. The smallest absolute Gasteiger partial charge is 0.319 e. The van der Waals surface area contributed by atoms with Crippen molar-refractivity contribution in [3.05, 3.63) is 48.2 Å². The number of benzene rings is 1. The molecule has 2 rings (SSSR count). The number of nitrogens with zero attached hydrogens (tertiary/aromatic N) is 1. The summed E-state index contributed by atoms with van der Waals surface area (Å²) in [6.45, 7) is 0.784. The van der Waals surface area contributed by atoms with Crippen molar-refractivity contribution in [1.82, 2.24) is 9.88 Å². The van der Waals surface area contributed by atoms with Crippen LogP contribution < -0.4 is 15.4 Å². The molecule has 0 aliphatic heterocycles. The van der Waals surface area contributed by atoms with Gasteiger partial charge in [-0.25, -0.2) is 4.79 Å². The predicted molar refractivity (Wildman–Crippen MR) is 74.4 cm³/mol. The number of rotatable bonds is 5. The Morgan fingerprint density at radius 3 is 2.80 bits per heavy atom. The lowest BCUT2D eigenvalue weighted by Crippen LogP contribution is -2.27. The molecule has 0 radical (unpaired) electrons. The molecule has 0 unspecified atom stereocenters. The van der Waals surface area contributed by atoms with Gasteiger partial charge in [0.1, 0.15) is 0 Å². The van der Waals surface area contributed by atoms with Crippen LogP contribution in [0.2, 0.25) is 0 Å². The molecule has 6 heteroatoms. The van der Waals surface area contributed by atoms with Crippen molar-refractivity contribution in [3.8, 4) is 5.88 Å². The summed E-state index contributed by atoms with van der Waals surface area (Å²) in [6, 6.07) is 10.8. The maximum Gasteiger partial charge on any atom is 0.319 e. The second kappa shape index (κ2) is 6.42. The SMILES string of the molecule is Cn1cc(NC(=O)NCc2ccccc2)cc1OC=O. The topological polar surface area (TPSA) is 72.4 Å². The molecule has 0 saturated carbocycles. The van der Waals surface area contributed by atoms with E-state index >= 15 is 0 Å². The second-order valence-corrected chi connectivity index (χ2v) is 4.19. The number of ether oxygens (including phenoxy) is 1. The number of aryl methyl sites for hydroxylation is 1. The van der Waals surface area contributed by atoms with Gasteiger partial charge in [-0.1, -0.05) is 30.3 Å². The zero-order valence-corrected chi connectivity index (χ0v) is 11.0. The summed E-state index contributed by atoms with van der Waals surface area (Å²) in [5.74, 6) is 0.360. The monoisotopic (exact) mass is 273 g/mol. The molecule has 1 aromatic carbocycles. The number of carbonyl (C=O) groups is 2. The average Bonchev–Trinajstić information content (AvgIpc) is 2.78. The number of hydrogen-bond donors (Lipinski definition) is 2. The third-order valence-corrected chi connectivity index (χ3v) is 2.68. The standard InChI is InChI=1S/C14H15N3O3/c1-17-9-12(7-13(17)20-10-18)16-14(19)15-8-11-5-3-2-4-6-11/h2-7,9-10H,8H2,1H3,(H2,15,16,19). The third-order valence-electron chi connectivity index (χ3n) is 2.68. The van der Waals surface area contributed by atoms with Gasteiger partial charge in [-0.2, -0.15) is 0 Å². The molecule has 104 valence electrons. The van der Waals surface area contributed by atoms with Gasteiger partial charge in [0.05, 0.1) is 5.69 Å². The Labute approximate surface area is 116 Å². The van der Waals surface area contributed by atoms with Crippen molar-refractivity contribution in [3.63, 3.8) is 0 Å². The summed E-state index contributed by atoms with van der Waals surface area (Å²) in [7, 11) is 1.71. The fourth-order valence-electron chi connectivity index (χ4n) is 1.73. The summed E-state index contributed by atoms with van der Waals surface area (Å²) < 4.78 is 6.34. The van der Waals surface area contributed by atoms with E-state index in [1.807, 2.05) is 30.3 Å². The van der Waals surface area contributed by atoms with Crippen LogP contribution >= 0.6 is 0 Å². The van der Waals surface area contributed by atoms with Crippen molar-refractivity contribution < 1.29 is 14.3 Å². The molecule has 0 atom stereocenters. The van der Waals surface area contributed by atoms with E-state index in [4.69, 9.17) is 4.74 Å². The van der Waals surface area contributed by atoms with Crippen molar-refractivity contribution in [2.24, 2.45) is 7.05 Å². The molecule has 0 spiro atoms. The highest BCUT2D eigenvalue weighted by Crippen LogP contribution is 2.18. The van der Waals surface area contributed by atoms with E-state index in [1.165, 1.54) is 0 Å². The fraction of sp³-hybridized carbons (Fsp3) is 0.143. The van der Waals surface area contributed by atoms with Gasteiger partial charge in [0, 0.05) is 25.9 Å². The lowest BCUT2D eigenvalue weighted by atomic mass is 10.2. The van der Waals surface area contributed by atoms with Crippen molar-refractivity contribution in [1.29, 1.82) is 0 Å². The molecule has 1 heterocycles. The maximum absolute atomic E-state index is 11.7. The number of amides is 2. The van der Waals surface area contributed by atoms with Gasteiger partial charge < -0.3 is 19.9 Å². The van der Waals surface area contributed by atoms with Gasteiger partial charge in [-0.3, -0.25) is 4.79 Å². The molecule has 6 nitrogen and oxygen atoms in total. The lowest BCUT2D eigenvalue weighted by molar-refractivity contribution is -0.121. The van der Waals surface area contributed by atoms with E-state index in [0.29, 0.717) is 24.6 Å². The van der Waals surface area contributed by atoms with E-state index in [-0.39, 0.29) is 6.03 Å². The minimum absolute atomic E-state index is 0.322. The first kappa shape index (κ1) is 13.7. The summed E-state index contributed by atoms with van der Waals surface area (Å²) >= 11 is 0. The Hall–Kier alpha value is -2.76. The molecule has 20 heavy (non-hydrogen) atoms. The summed E-state index contributed by atoms with van der Waals surface area (Å²) in [4.78, 5) is 22.0. The zero-order valence-electron chi connectivity index (χ0n) is 11.0. The van der Waals surface area contributed by atoms with Crippen LogP contribution in [0.15, 0.2) is 42.6 Å². The van der Waals surface area contributed by atoms with Crippen LogP contribution in [0.25, 0.3) is 0 Å². The zero-order chi connectivity index (χ0) is 14.4. The van der Waals surface area contributed by atoms with E-state index in [9.17, 15) is 9.59 Å². The Kier molecular flexibility index (Phi) is 4.39. The second-order valence-electron chi connectivity index (χ2n) is 4.19. The number of hydrogen-bond acceptors (Lipinski definition) is 3. The highest BCUT2D eigenvalue weighted by Gasteiger charge is 2.07. The number of aromatic nitrogens is 1. The Morgan fingerprint density at radius 2 is 2.10 bits per heavy atom. The van der Waals surface area contributed by atoms with Crippen molar-refractivity contribution in [2.75, 3.05) is 5.32 Å². The van der Waals surface area contributed by atoms with Crippen LogP contribution in [0.4, 0.5) is 10.5 Å². The van der Waals surface area contributed by atoms with Gasteiger partial charge in [0.2, 0.25) is 5.88 Å². The van der Waals surface area contributed by atoms with Gasteiger partial charge in [-0.15, -0.1) is 0 Å². The fourth-order valence-corrected chi connectivity index (χ4v) is 1.73. The largest absolute Gasteiger partial charge is 0.411 e. The van der Waals surface area contributed by atoms with Crippen molar-refractivity contribution in [2.45, 2.75) is 6.54 Å². The van der Waals surface area contributed by atoms with Crippen LogP contribution in [-0.2, 0) is 18.4 Å². The minimum Gasteiger partial charge on any atom is -0.411 e. The van der Waals surface area contributed by atoms with Crippen LogP contribution in [0.5, 0.6) is 5.88 Å². The maximum atomic E-state index is 11.7. The minimum atomic E-state index is -0.322. The quantitative estimate of drug-likeness (QED) is 0.817. The van der Waals surface area contributed by atoms with Gasteiger partial charge in [0.15, 0.2) is 0 Å². The van der Waals surface area contributed by atoms with Gasteiger partial charge in [0.25, 0.3) is 6.47 Å². The highest BCUT2D eigenvalue weighted by molar-refractivity contribution is 5.89. The molecule has 2 aromatic rings. The van der Waals surface area contributed by atoms with E-state index in [2.05, 4.69) is 10.6 Å². The van der Waals surface area contributed by atoms with E-state index < -0.39 is 0 Å². The van der Waals surface area contributed by atoms with E-state index in [1.54, 1.807) is 23.9 Å². The summed E-state index contributed by atoms with van der Waals surface area (Å²) in [6.07, 6.45) is 1.65. The molecular formula is C14H15N3O3. The third kappa shape index (κ3) is 3.61. The predicted octanol–water partition coefficient (Wildman–Crippen LogP) is 1.88. The molecule has 1 aromatic heterocycles. The molecule has 0 fully saturated rings. The molecule has 0 aliphatic rings. The van der Waals surface area contributed by atoms with Gasteiger partial charge >= 0.3 is 6.03 Å². The number of nitrogens with one attached hydrogen (secondary N) is 2. The van der Waals surface area contributed by atoms with E-state index in [0.717, 1.165) is 5.56 Å². The lowest BCUT2D eigenvalue weighted by Gasteiger charge is -2.05. The van der Waals surface area contributed by atoms with Gasteiger partial charge in [-0.05, 0) is 5.56 Å². The first-order valence-corrected chi connectivity index (χ1v) is 6.04. The molecule has 0 aliphatic carbocycles. The number of anilines is 1. The average molecular weight is 273 g/mol. The first-order chi connectivity index (χ1) is 9.69. The number of carbonyl (C=O) groups excluding carboxylic acids is 2. The highest BCUT2D eigenvalue weighted by atomic mass is 16.5. The molecule has 0 saturated heterocycles. The Balaban J connectivity index is 1.88. The van der Waals surface area contributed by atoms with Crippen molar-refractivity contribution >= 4 is 18.2 Å². The Morgan fingerprint density at radius 1 is 1.35 bits per heavy atom. The molecule has 2 N–H and O–H groups in total. The molecular weight excluding hydrogens is 258 g/mol. The number of urea groups is 1. The van der Waals surface area contributed by atoms with Crippen LogP contribution in [0.3, 0.4) is 0 Å². The van der Waals surface area contributed by atoms with Crippen LogP contribution in [0.1, 0.15) is 5.56 Å². The van der Waals surface area contributed by atoms with Crippen LogP contribution in [0, 0.1) is 0 Å². The Bertz CT molecular complexity index is 593.